The molecule has 0 aromatic carbocycles. The van der Waals surface area contributed by atoms with E-state index in [0.717, 1.165) is 0 Å². The highest BCUT2D eigenvalue weighted by Gasteiger charge is 2.38. The number of alkyl carbamates (subject to hydrolysis) is 1. The van der Waals surface area contributed by atoms with Gasteiger partial charge in [-0.25, -0.2) is 9.59 Å². The van der Waals surface area contributed by atoms with Gasteiger partial charge in [-0.2, -0.15) is 0 Å². The summed E-state index contributed by atoms with van der Waals surface area (Å²) in [5.74, 6) is -0.510. The Kier molecular flexibility index (Phi) is 5.56. The fraction of sp³-hybridized carbons (Fsp3) is 0.714. The first-order valence-electron chi connectivity index (χ1n) is 6.69. The van der Waals surface area contributed by atoms with Crippen LogP contribution in [0.5, 0.6) is 0 Å². The number of cyclic esters (lactones) is 1. The molecule has 0 bridgehead atoms. The number of rotatable bonds is 4. The van der Waals surface area contributed by atoms with E-state index in [-0.39, 0.29) is 0 Å². The molecule has 0 aromatic heterocycles. The lowest BCUT2D eigenvalue weighted by molar-refractivity contribution is -0.220. The van der Waals surface area contributed by atoms with Crippen LogP contribution in [0, 0.1) is 0 Å². The van der Waals surface area contributed by atoms with Crippen LogP contribution in [0.15, 0.2) is 12.7 Å². The number of carbonyl (C=O) groups excluding carboxylic acids is 2. The molecule has 6 heteroatoms. The van der Waals surface area contributed by atoms with E-state index < -0.39 is 36.1 Å². The van der Waals surface area contributed by atoms with Crippen molar-refractivity contribution in [3.63, 3.8) is 0 Å². The minimum Gasteiger partial charge on any atom is -0.444 e. The van der Waals surface area contributed by atoms with Crippen molar-refractivity contribution in [3.8, 4) is 0 Å². The highest BCUT2D eigenvalue weighted by molar-refractivity contribution is 5.82. The number of hydrogen-bond acceptors (Lipinski definition) is 5. The van der Waals surface area contributed by atoms with E-state index in [1.54, 1.807) is 33.8 Å². The van der Waals surface area contributed by atoms with Gasteiger partial charge in [-0.1, -0.05) is 6.08 Å². The lowest BCUT2D eigenvalue weighted by Gasteiger charge is -2.34. The van der Waals surface area contributed by atoms with E-state index in [2.05, 4.69) is 11.9 Å². The Hall–Kier alpha value is -1.56. The van der Waals surface area contributed by atoms with Gasteiger partial charge < -0.3 is 19.5 Å². The summed E-state index contributed by atoms with van der Waals surface area (Å²) in [4.78, 5) is 23.5. The van der Waals surface area contributed by atoms with Gasteiger partial charge in [0.25, 0.3) is 0 Å². The van der Waals surface area contributed by atoms with E-state index in [0.29, 0.717) is 12.8 Å². The third-order valence-corrected chi connectivity index (χ3v) is 2.62. The van der Waals surface area contributed by atoms with Gasteiger partial charge in [-0.05, 0) is 34.1 Å². The standard InChI is InChI=1S/C14H23NO5/c1-6-7-8-10-18-9(2)11(12(16)19-10)15-13(17)20-14(3,4)5/h6,9-11H,1,7-8H2,2-5H3,(H,15,17)/t9-,10+,11-/m0/s1. The van der Waals surface area contributed by atoms with Crippen LogP contribution < -0.4 is 5.32 Å². The highest BCUT2D eigenvalue weighted by Crippen LogP contribution is 2.18. The first kappa shape index (κ1) is 16.5. The average Bonchev–Trinajstić information content (AvgIpc) is 2.29. The monoisotopic (exact) mass is 285 g/mol. The molecule has 1 saturated heterocycles. The van der Waals surface area contributed by atoms with Gasteiger partial charge in [0, 0.05) is 6.42 Å². The summed E-state index contributed by atoms with van der Waals surface area (Å²) >= 11 is 0. The van der Waals surface area contributed by atoms with Crippen LogP contribution in [-0.4, -0.2) is 36.1 Å². The minimum absolute atomic E-state index is 0.474. The number of esters is 1. The van der Waals surface area contributed by atoms with Crippen LogP contribution in [0.25, 0.3) is 0 Å². The zero-order chi connectivity index (χ0) is 15.3. The van der Waals surface area contributed by atoms with Gasteiger partial charge in [-0.15, -0.1) is 6.58 Å². The van der Waals surface area contributed by atoms with Crippen molar-refractivity contribution in [2.45, 2.75) is 64.6 Å². The van der Waals surface area contributed by atoms with Crippen molar-refractivity contribution in [2.75, 3.05) is 0 Å². The van der Waals surface area contributed by atoms with Crippen molar-refractivity contribution in [1.29, 1.82) is 0 Å². The van der Waals surface area contributed by atoms with Gasteiger partial charge >= 0.3 is 12.1 Å². The van der Waals surface area contributed by atoms with Gasteiger partial charge in [-0.3, -0.25) is 0 Å². The Bertz CT molecular complexity index is 374. The van der Waals surface area contributed by atoms with Gasteiger partial charge in [0.05, 0.1) is 6.10 Å². The molecule has 1 aliphatic rings. The second kappa shape index (κ2) is 6.74. The summed E-state index contributed by atoms with van der Waals surface area (Å²) in [7, 11) is 0. The summed E-state index contributed by atoms with van der Waals surface area (Å²) in [6.45, 7) is 10.6. The molecule has 0 spiro atoms. The first-order chi connectivity index (χ1) is 9.23. The van der Waals surface area contributed by atoms with Crippen LogP contribution in [0.3, 0.4) is 0 Å². The normalized spacial score (nSPS) is 26.6. The lowest BCUT2D eigenvalue weighted by Crippen LogP contribution is -2.55. The third-order valence-electron chi connectivity index (χ3n) is 2.62. The molecule has 1 fully saturated rings. The van der Waals surface area contributed by atoms with E-state index in [4.69, 9.17) is 14.2 Å². The summed E-state index contributed by atoms with van der Waals surface area (Å²) in [6.07, 6.45) is 1.24. The van der Waals surface area contributed by atoms with E-state index in [9.17, 15) is 9.59 Å². The number of ether oxygens (including phenoxy) is 3. The fourth-order valence-corrected chi connectivity index (χ4v) is 1.73. The summed E-state index contributed by atoms with van der Waals surface area (Å²) in [6, 6.07) is -0.857. The molecule has 114 valence electrons. The highest BCUT2D eigenvalue weighted by atomic mass is 16.7. The molecule has 1 aliphatic heterocycles. The Morgan fingerprint density at radius 2 is 2.15 bits per heavy atom. The summed E-state index contributed by atoms with van der Waals surface area (Å²) in [5.41, 5.74) is -0.626. The SMILES string of the molecule is C=CCC[C@H]1OC(=O)[C@@H](NC(=O)OC(C)(C)C)[C@H](C)O1. The molecular weight excluding hydrogens is 262 g/mol. The maximum absolute atomic E-state index is 11.9. The number of nitrogens with one attached hydrogen (secondary N) is 1. The molecule has 0 radical (unpaired) electrons. The van der Waals surface area contributed by atoms with Gasteiger partial charge in [0.2, 0.25) is 6.29 Å². The number of amides is 1. The van der Waals surface area contributed by atoms with E-state index in [1.165, 1.54) is 0 Å². The molecule has 0 unspecified atom stereocenters. The van der Waals surface area contributed by atoms with Crippen molar-refractivity contribution >= 4 is 12.1 Å². The largest absolute Gasteiger partial charge is 0.444 e. The van der Waals surface area contributed by atoms with Gasteiger partial charge in [0.1, 0.15) is 5.60 Å². The molecule has 20 heavy (non-hydrogen) atoms. The molecule has 1 amide bonds. The van der Waals surface area contributed by atoms with Crippen molar-refractivity contribution < 1.29 is 23.8 Å². The van der Waals surface area contributed by atoms with Gasteiger partial charge in [0.15, 0.2) is 6.04 Å². The van der Waals surface area contributed by atoms with E-state index >= 15 is 0 Å². The first-order valence-corrected chi connectivity index (χ1v) is 6.69. The summed E-state index contributed by atoms with van der Waals surface area (Å²) < 4.78 is 15.8. The molecule has 0 aliphatic carbocycles. The lowest BCUT2D eigenvalue weighted by atomic mass is 10.1. The van der Waals surface area contributed by atoms with Crippen LogP contribution in [0.4, 0.5) is 4.79 Å². The number of hydrogen-bond donors (Lipinski definition) is 1. The Labute approximate surface area is 119 Å². The Morgan fingerprint density at radius 1 is 1.50 bits per heavy atom. The van der Waals surface area contributed by atoms with E-state index in [1.807, 2.05) is 0 Å². The van der Waals surface area contributed by atoms with Crippen LogP contribution in [0.2, 0.25) is 0 Å². The predicted octanol–water partition coefficient (Wildman–Crippen LogP) is 2.13. The van der Waals surface area contributed by atoms with Crippen molar-refractivity contribution in [1.82, 2.24) is 5.32 Å². The van der Waals surface area contributed by atoms with Crippen molar-refractivity contribution in [3.05, 3.63) is 12.7 Å². The molecule has 1 N–H and O–H groups in total. The predicted molar refractivity (Wildman–Crippen MR) is 73.0 cm³/mol. The summed E-state index contributed by atoms with van der Waals surface area (Å²) in [5, 5.41) is 2.47. The minimum atomic E-state index is -0.857. The molecule has 0 saturated carbocycles. The number of carbonyl (C=O) groups is 2. The van der Waals surface area contributed by atoms with Crippen LogP contribution in [-0.2, 0) is 19.0 Å². The molecule has 3 atom stereocenters. The zero-order valence-corrected chi connectivity index (χ0v) is 12.5. The molecule has 1 heterocycles. The van der Waals surface area contributed by atoms with Crippen LogP contribution in [0.1, 0.15) is 40.5 Å². The smallest absolute Gasteiger partial charge is 0.408 e. The third kappa shape index (κ3) is 5.21. The number of allylic oxidation sites excluding steroid dienone is 1. The molecule has 1 rings (SSSR count). The topological polar surface area (TPSA) is 73.9 Å². The van der Waals surface area contributed by atoms with Crippen LogP contribution >= 0.6 is 0 Å². The fourth-order valence-electron chi connectivity index (χ4n) is 1.73. The molecular formula is C14H23NO5. The van der Waals surface area contributed by atoms with Crippen molar-refractivity contribution in [2.24, 2.45) is 0 Å². The Balaban J connectivity index is 2.54. The second-order valence-electron chi connectivity index (χ2n) is 5.70. The quantitative estimate of drug-likeness (QED) is 0.632. The molecule has 6 nitrogen and oxygen atoms in total. The maximum Gasteiger partial charge on any atom is 0.408 e. The second-order valence-corrected chi connectivity index (χ2v) is 5.70. The maximum atomic E-state index is 11.9. The zero-order valence-electron chi connectivity index (χ0n) is 12.5. The Morgan fingerprint density at radius 3 is 2.65 bits per heavy atom. The molecule has 0 aromatic rings. The average molecular weight is 285 g/mol.